The van der Waals surface area contributed by atoms with Crippen molar-refractivity contribution < 1.29 is 24.1 Å². The number of ether oxygens (including phenoxy) is 3. The largest absolute Gasteiger partial charge is 0.453 e. The molecule has 1 fully saturated rings. The lowest BCUT2D eigenvalue weighted by atomic mass is 9.94. The van der Waals surface area contributed by atoms with Gasteiger partial charge in [0.25, 0.3) is 0 Å². The number of carbonyl (C=O) groups excluding carboxylic acids is 1. The average molecular weight is 261 g/mol. The van der Waals surface area contributed by atoms with E-state index in [1.165, 1.54) is 7.11 Å². The van der Waals surface area contributed by atoms with Gasteiger partial charge in [0.2, 0.25) is 0 Å². The van der Waals surface area contributed by atoms with E-state index in [-0.39, 0.29) is 31.6 Å². The number of aliphatic hydroxyl groups excluding tert-OH is 1. The van der Waals surface area contributed by atoms with Crippen LogP contribution in [0.4, 0.5) is 4.79 Å². The van der Waals surface area contributed by atoms with E-state index in [1.807, 2.05) is 0 Å². The van der Waals surface area contributed by atoms with Gasteiger partial charge in [-0.05, 0) is 25.7 Å². The Morgan fingerprint density at radius 1 is 1.33 bits per heavy atom. The topological polar surface area (TPSA) is 68.2 Å². The lowest BCUT2D eigenvalue weighted by Gasteiger charge is -2.40. The first-order valence-electron chi connectivity index (χ1n) is 6.28. The molecule has 0 bridgehead atoms. The van der Waals surface area contributed by atoms with Crippen LogP contribution < -0.4 is 0 Å². The fourth-order valence-corrected chi connectivity index (χ4v) is 2.39. The van der Waals surface area contributed by atoms with Crippen LogP contribution in [-0.4, -0.2) is 62.4 Å². The quantitative estimate of drug-likeness (QED) is 0.570. The number of aliphatic hydroxyl groups is 1. The van der Waals surface area contributed by atoms with E-state index < -0.39 is 0 Å². The predicted octanol–water partition coefficient (Wildman–Crippen LogP) is 0.979. The third kappa shape index (κ3) is 4.12. The van der Waals surface area contributed by atoms with Crippen molar-refractivity contribution in [2.75, 3.05) is 34.2 Å². The summed E-state index contributed by atoms with van der Waals surface area (Å²) in [6.45, 7) is 0.767. The van der Waals surface area contributed by atoms with E-state index in [1.54, 1.807) is 12.0 Å². The number of nitrogens with zero attached hydrogens (tertiary/aromatic N) is 1. The van der Waals surface area contributed by atoms with E-state index in [9.17, 15) is 9.90 Å². The highest BCUT2D eigenvalue weighted by atomic mass is 16.7. The predicted molar refractivity (Wildman–Crippen MR) is 65.2 cm³/mol. The summed E-state index contributed by atoms with van der Waals surface area (Å²) in [5.41, 5.74) is 0. The molecule has 2 atom stereocenters. The third-order valence-electron chi connectivity index (χ3n) is 3.25. The molecule has 0 radical (unpaired) electrons. The molecular weight excluding hydrogens is 238 g/mol. The molecule has 0 aromatic rings. The maximum Gasteiger partial charge on any atom is 0.410 e. The number of rotatable bonds is 6. The zero-order valence-corrected chi connectivity index (χ0v) is 11.1. The normalized spacial score (nSPS) is 24.1. The Bertz CT molecular complexity index is 249. The zero-order chi connectivity index (χ0) is 13.4. The summed E-state index contributed by atoms with van der Waals surface area (Å²) in [6, 6.07) is -0.0705. The van der Waals surface area contributed by atoms with Gasteiger partial charge in [-0.2, -0.15) is 0 Å². The lowest BCUT2D eigenvalue weighted by molar-refractivity contribution is -0.0419. The first kappa shape index (κ1) is 15.2. The number of amides is 1. The maximum atomic E-state index is 11.8. The van der Waals surface area contributed by atoms with Gasteiger partial charge in [-0.15, -0.1) is 0 Å². The summed E-state index contributed by atoms with van der Waals surface area (Å²) in [7, 11) is 2.94. The SMILES string of the molecule is COCOCC[C@@H]1CCC[C@H](CO)N1C(=O)OC. The van der Waals surface area contributed by atoms with Crippen molar-refractivity contribution in [3.8, 4) is 0 Å². The van der Waals surface area contributed by atoms with Crippen LogP contribution in [0.15, 0.2) is 0 Å². The van der Waals surface area contributed by atoms with Gasteiger partial charge in [-0.25, -0.2) is 4.79 Å². The molecule has 0 unspecified atom stereocenters. The zero-order valence-electron chi connectivity index (χ0n) is 11.1. The van der Waals surface area contributed by atoms with Crippen molar-refractivity contribution in [3.63, 3.8) is 0 Å². The van der Waals surface area contributed by atoms with Crippen LogP contribution in [0.3, 0.4) is 0 Å². The van der Waals surface area contributed by atoms with Crippen molar-refractivity contribution in [1.82, 2.24) is 4.90 Å². The van der Waals surface area contributed by atoms with Crippen LogP contribution in [-0.2, 0) is 14.2 Å². The summed E-state index contributed by atoms with van der Waals surface area (Å²) < 4.78 is 14.8. The van der Waals surface area contributed by atoms with E-state index in [4.69, 9.17) is 14.2 Å². The number of hydrogen-bond acceptors (Lipinski definition) is 5. The molecule has 18 heavy (non-hydrogen) atoms. The smallest absolute Gasteiger partial charge is 0.410 e. The molecule has 0 aromatic carbocycles. The molecule has 0 saturated carbocycles. The van der Waals surface area contributed by atoms with E-state index >= 15 is 0 Å². The van der Waals surface area contributed by atoms with E-state index in [0.717, 1.165) is 25.7 Å². The maximum absolute atomic E-state index is 11.8. The van der Waals surface area contributed by atoms with E-state index in [2.05, 4.69) is 0 Å². The second-order valence-electron chi connectivity index (χ2n) is 4.40. The first-order chi connectivity index (χ1) is 8.74. The molecule has 0 spiro atoms. The molecular formula is C12H23NO5. The Hall–Kier alpha value is -0.850. The summed E-state index contributed by atoms with van der Waals surface area (Å²) in [5.74, 6) is 0. The first-order valence-corrected chi connectivity index (χ1v) is 6.28. The molecule has 1 heterocycles. The summed E-state index contributed by atoms with van der Waals surface area (Å²) in [6.07, 6.45) is 3.11. The minimum atomic E-state index is -0.370. The van der Waals surface area contributed by atoms with Gasteiger partial charge in [0.1, 0.15) is 6.79 Å². The molecule has 106 valence electrons. The monoisotopic (exact) mass is 261 g/mol. The minimum Gasteiger partial charge on any atom is -0.453 e. The van der Waals surface area contributed by atoms with Gasteiger partial charge < -0.3 is 19.3 Å². The van der Waals surface area contributed by atoms with Crippen LogP contribution in [0.2, 0.25) is 0 Å². The summed E-state index contributed by atoms with van der Waals surface area (Å²) in [4.78, 5) is 13.4. The fourth-order valence-electron chi connectivity index (χ4n) is 2.39. The molecule has 1 saturated heterocycles. The number of hydrogen-bond donors (Lipinski definition) is 1. The third-order valence-corrected chi connectivity index (χ3v) is 3.25. The van der Waals surface area contributed by atoms with Gasteiger partial charge in [-0.1, -0.05) is 0 Å². The van der Waals surface area contributed by atoms with Crippen molar-refractivity contribution in [3.05, 3.63) is 0 Å². The molecule has 6 heteroatoms. The molecule has 1 amide bonds. The standard InChI is InChI=1S/C12H23NO5/c1-16-9-18-7-6-10-4-3-5-11(8-14)13(10)12(15)17-2/h10-11,14H,3-9H2,1-2H3/t10-,11+/m0/s1. The second-order valence-corrected chi connectivity index (χ2v) is 4.40. The highest BCUT2D eigenvalue weighted by Gasteiger charge is 2.34. The van der Waals surface area contributed by atoms with Crippen LogP contribution in [0, 0.1) is 0 Å². The Morgan fingerprint density at radius 2 is 2.06 bits per heavy atom. The molecule has 1 N–H and O–H groups in total. The van der Waals surface area contributed by atoms with Crippen molar-refractivity contribution in [2.24, 2.45) is 0 Å². The van der Waals surface area contributed by atoms with Gasteiger partial charge in [0.15, 0.2) is 0 Å². The van der Waals surface area contributed by atoms with E-state index in [0.29, 0.717) is 6.61 Å². The van der Waals surface area contributed by atoms with Crippen LogP contribution in [0.1, 0.15) is 25.7 Å². The number of likely N-dealkylation sites (tertiary alicyclic amines) is 1. The van der Waals surface area contributed by atoms with Crippen LogP contribution >= 0.6 is 0 Å². The fraction of sp³-hybridized carbons (Fsp3) is 0.917. The Kier molecular flexibility index (Phi) is 7.00. The van der Waals surface area contributed by atoms with Gasteiger partial charge in [0.05, 0.1) is 26.4 Å². The molecule has 1 rings (SSSR count). The molecule has 1 aliphatic heterocycles. The molecule has 0 aliphatic carbocycles. The Labute approximate surface area is 108 Å². The number of piperidine rings is 1. The number of carbonyl (C=O) groups is 1. The summed E-state index contributed by atoms with van der Waals surface area (Å²) in [5, 5.41) is 9.33. The Morgan fingerprint density at radius 3 is 2.67 bits per heavy atom. The summed E-state index contributed by atoms with van der Waals surface area (Å²) >= 11 is 0. The Balaban J connectivity index is 2.52. The van der Waals surface area contributed by atoms with Crippen LogP contribution in [0.25, 0.3) is 0 Å². The van der Waals surface area contributed by atoms with Gasteiger partial charge >= 0.3 is 6.09 Å². The second kappa shape index (κ2) is 8.29. The van der Waals surface area contributed by atoms with Crippen molar-refractivity contribution in [2.45, 2.75) is 37.8 Å². The van der Waals surface area contributed by atoms with Gasteiger partial charge in [-0.3, -0.25) is 4.90 Å². The highest BCUT2D eigenvalue weighted by Crippen LogP contribution is 2.25. The van der Waals surface area contributed by atoms with Crippen LogP contribution in [0.5, 0.6) is 0 Å². The molecule has 1 aliphatic rings. The molecule has 0 aromatic heterocycles. The highest BCUT2D eigenvalue weighted by molar-refractivity contribution is 5.68. The molecule has 6 nitrogen and oxygen atoms in total. The van der Waals surface area contributed by atoms with Crippen molar-refractivity contribution >= 4 is 6.09 Å². The lowest BCUT2D eigenvalue weighted by Crippen LogP contribution is -2.51. The van der Waals surface area contributed by atoms with Gasteiger partial charge in [0, 0.05) is 13.2 Å². The van der Waals surface area contributed by atoms with Crippen molar-refractivity contribution in [1.29, 1.82) is 0 Å². The average Bonchev–Trinajstić information content (AvgIpc) is 2.42. The minimum absolute atomic E-state index is 0.0233. The number of methoxy groups -OCH3 is 2.